The van der Waals surface area contributed by atoms with Gasteiger partial charge in [-0.3, -0.25) is 4.79 Å². The summed E-state index contributed by atoms with van der Waals surface area (Å²) in [6.45, 7) is 1.48. The fraction of sp³-hybridized carbons (Fsp3) is 0.0714. The highest BCUT2D eigenvalue weighted by Gasteiger charge is 2.13. The van der Waals surface area contributed by atoms with Gasteiger partial charge >= 0.3 is 0 Å². The SMILES string of the molecule is Cc1cc(F)c(-c2ccc(Cl)cc2C=O)cc1F. The number of aldehydes is 1. The van der Waals surface area contributed by atoms with Crippen LogP contribution in [0.5, 0.6) is 0 Å². The second-order valence-electron chi connectivity index (χ2n) is 3.93. The highest BCUT2D eigenvalue weighted by Crippen LogP contribution is 2.29. The van der Waals surface area contributed by atoms with Crippen molar-refractivity contribution < 1.29 is 13.6 Å². The van der Waals surface area contributed by atoms with Gasteiger partial charge < -0.3 is 0 Å². The molecule has 2 aromatic carbocycles. The molecule has 1 nitrogen and oxygen atoms in total. The Hall–Kier alpha value is -1.74. The summed E-state index contributed by atoms with van der Waals surface area (Å²) < 4.78 is 27.3. The minimum Gasteiger partial charge on any atom is -0.298 e. The normalized spacial score (nSPS) is 10.4. The van der Waals surface area contributed by atoms with Gasteiger partial charge in [-0.1, -0.05) is 17.7 Å². The van der Waals surface area contributed by atoms with E-state index < -0.39 is 11.6 Å². The molecule has 4 heteroatoms. The zero-order valence-corrected chi connectivity index (χ0v) is 10.3. The average Bonchev–Trinajstić information content (AvgIpc) is 2.34. The molecule has 2 aromatic rings. The Kier molecular flexibility index (Phi) is 3.43. The van der Waals surface area contributed by atoms with Crippen molar-refractivity contribution in [1.29, 1.82) is 0 Å². The first kappa shape index (κ1) is 12.7. The molecule has 18 heavy (non-hydrogen) atoms. The summed E-state index contributed by atoms with van der Waals surface area (Å²) in [4.78, 5) is 10.9. The topological polar surface area (TPSA) is 17.1 Å². The lowest BCUT2D eigenvalue weighted by atomic mass is 9.98. The monoisotopic (exact) mass is 266 g/mol. The summed E-state index contributed by atoms with van der Waals surface area (Å²) in [7, 11) is 0. The summed E-state index contributed by atoms with van der Waals surface area (Å²) in [6, 6.07) is 6.64. The maximum Gasteiger partial charge on any atom is 0.150 e. The van der Waals surface area contributed by atoms with Gasteiger partial charge in [-0.25, -0.2) is 8.78 Å². The van der Waals surface area contributed by atoms with Gasteiger partial charge in [0.1, 0.15) is 11.6 Å². The Labute approximate surface area is 108 Å². The zero-order valence-electron chi connectivity index (χ0n) is 9.51. The molecule has 0 aliphatic carbocycles. The van der Waals surface area contributed by atoms with Crippen molar-refractivity contribution in [2.75, 3.05) is 0 Å². The van der Waals surface area contributed by atoms with E-state index in [0.717, 1.165) is 12.1 Å². The van der Waals surface area contributed by atoms with Crippen LogP contribution in [0.2, 0.25) is 5.02 Å². The Balaban J connectivity index is 2.69. The third-order valence-corrected chi connectivity index (χ3v) is 2.91. The summed E-state index contributed by atoms with van der Waals surface area (Å²) >= 11 is 5.75. The molecule has 0 aromatic heterocycles. The molecule has 0 saturated heterocycles. The van der Waals surface area contributed by atoms with E-state index in [1.807, 2.05) is 0 Å². The van der Waals surface area contributed by atoms with E-state index in [4.69, 9.17) is 11.6 Å². The molecule has 0 amide bonds. The van der Waals surface area contributed by atoms with Crippen LogP contribution < -0.4 is 0 Å². The van der Waals surface area contributed by atoms with E-state index in [2.05, 4.69) is 0 Å². The minimum atomic E-state index is -0.570. The fourth-order valence-electron chi connectivity index (χ4n) is 1.73. The predicted octanol–water partition coefficient (Wildman–Crippen LogP) is 4.41. The highest BCUT2D eigenvalue weighted by molar-refractivity contribution is 6.31. The maximum atomic E-state index is 13.8. The number of halogens is 3. The average molecular weight is 267 g/mol. The number of rotatable bonds is 2. The van der Waals surface area contributed by atoms with Crippen molar-refractivity contribution in [3.63, 3.8) is 0 Å². The van der Waals surface area contributed by atoms with Crippen LogP contribution in [-0.4, -0.2) is 6.29 Å². The molecule has 2 rings (SSSR count). The van der Waals surface area contributed by atoms with Crippen molar-refractivity contribution in [2.45, 2.75) is 6.92 Å². The van der Waals surface area contributed by atoms with Crippen molar-refractivity contribution >= 4 is 17.9 Å². The van der Waals surface area contributed by atoms with Crippen LogP contribution in [0.25, 0.3) is 11.1 Å². The Bertz CT molecular complexity index is 623. The summed E-state index contributed by atoms with van der Waals surface area (Å²) in [5, 5.41) is 0.369. The highest BCUT2D eigenvalue weighted by atomic mass is 35.5. The van der Waals surface area contributed by atoms with E-state index in [1.54, 1.807) is 0 Å². The Morgan fingerprint density at radius 2 is 1.78 bits per heavy atom. The molecule has 0 aliphatic rings. The summed E-state index contributed by atoms with van der Waals surface area (Å²) in [5.41, 5.74) is 0.824. The molecule has 0 radical (unpaired) electrons. The first-order valence-electron chi connectivity index (χ1n) is 5.23. The summed E-state index contributed by atoms with van der Waals surface area (Å²) in [5.74, 6) is -1.09. The Morgan fingerprint density at radius 3 is 2.44 bits per heavy atom. The quantitative estimate of drug-likeness (QED) is 0.736. The predicted molar refractivity (Wildman–Crippen MR) is 66.9 cm³/mol. The molecule has 0 spiro atoms. The van der Waals surface area contributed by atoms with Gasteiger partial charge in [0.25, 0.3) is 0 Å². The second-order valence-corrected chi connectivity index (χ2v) is 4.37. The Morgan fingerprint density at radius 1 is 1.06 bits per heavy atom. The van der Waals surface area contributed by atoms with E-state index in [9.17, 15) is 13.6 Å². The fourth-order valence-corrected chi connectivity index (χ4v) is 1.91. The number of carbonyl (C=O) groups excluding carboxylic acids is 1. The summed E-state index contributed by atoms with van der Waals surface area (Å²) in [6.07, 6.45) is 0.568. The smallest absolute Gasteiger partial charge is 0.150 e. The molecular weight excluding hydrogens is 258 g/mol. The van der Waals surface area contributed by atoms with Gasteiger partial charge in [-0.15, -0.1) is 0 Å². The van der Waals surface area contributed by atoms with E-state index >= 15 is 0 Å². The molecule has 0 unspecified atom stereocenters. The number of benzene rings is 2. The van der Waals surface area contributed by atoms with Gasteiger partial charge in [0.15, 0.2) is 6.29 Å². The van der Waals surface area contributed by atoms with Crippen LogP contribution in [0.1, 0.15) is 15.9 Å². The largest absolute Gasteiger partial charge is 0.298 e. The molecule has 0 fully saturated rings. The molecule has 0 saturated carbocycles. The van der Waals surface area contributed by atoms with Crippen molar-refractivity contribution in [3.05, 3.63) is 58.1 Å². The van der Waals surface area contributed by atoms with Crippen LogP contribution in [0.4, 0.5) is 8.78 Å². The maximum absolute atomic E-state index is 13.8. The molecule has 0 bridgehead atoms. The number of hydrogen-bond acceptors (Lipinski definition) is 1. The van der Waals surface area contributed by atoms with Crippen LogP contribution in [0.3, 0.4) is 0 Å². The third-order valence-electron chi connectivity index (χ3n) is 2.68. The van der Waals surface area contributed by atoms with Crippen LogP contribution >= 0.6 is 11.6 Å². The third kappa shape index (κ3) is 2.27. The number of aryl methyl sites for hydroxylation is 1. The van der Waals surface area contributed by atoms with Gasteiger partial charge in [0.2, 0.25) is 0 Å². The van der Waals surface area contributed by atoms with E-state index in [-0.39, 0.29) is 16.7 Å². The van der Waals surface area contributed by atoms with E-state index in [1.165, 1.54) is 25.1 Å². The number of carbonyl (C=O) groups is 1. The van der Waals surface area contributed by atoms with Crippen LogP contribution in [0.15, 0.2) is 30.3 Å². The van der Waals surface area contributed by atoms with Gasteiger partial charge in [-0.05, 0) is 42.3 Å². The van der Waals surface area contributed by atoms with Crippen LogP contribution in [-0.2, 0) is 0 Å². The first-order chi connectivity index (χ1) is 8.52. The van der Waals surface area contributed by atoms with Crippen molar-refractivity contribution in [1.82, 2.24) is 0 Å². The van der Waals surface area contributed by atoms with E-state index in [0.29, 0.717) is 16.9 Å². The number of hydrogen-bond donors (Lipinski definition) is 0. The second kappa shape index (κ2) is 4.86. The lowest BCUT2D eigenvalue weighted by Gasteiger charge is -2.08. The lowest BCUT2D eigenvalue weighted by Crippen LogP contribution is -1.94. The zero-order chi connectivity index (χ0) is 13.3. The van der Waals surface area contributed by atoms with Gasteiger partial charge in [0.05, 0.1) is 0 Å². The molecule has 0 heterocycles. The molecule has 0 N–H and O–H groups in total. The van der Waals surface area contributed by atoms with Gasteiger partial charge in [0, 0.05) is 16.1 Å². The molecule has 0 atom stereocenters. The van der Waals surface area contributed by atoms with Crippen molar-refractivity contribution in [3.8, 4) is 11.1 Å². The minimum absolute atomic E-state index is 0.0527. The lowest BCUT2D eigenvalue weighted by molar-refractivity contribution is 0.112. The standard InChI is InChI=1S/C14H9ClF2O/c1-8-4-14(17)12(6-13(8)16)11-3-2-10(15)5-9(11)7-18/h2-7H,1H3. The molecule has 0 aliphatic heterocycles. The van der Waals surface area contributed by atoms with Crippen molar-refractivity contribution in [2.24, 2.45) is 0 Å². The van der Waals surface area contributed by atoms with Gasteiger partial charge in [-0.2, -0.15) is 0 Å². The first-order valence-corrected chi connectivity index (χ1v) is 5.61. The molecule has 92 valence electrons. The van der Waals surface area contributed by atoms with Crippen LogP contribution in [0, 0.1) is 18.6 Å². The molecular formula is C14H9ClF2O.